The fourth-order valence-electron chi connectivity index (χ4n) is 3.88. The van der Waals surface area contributed by atoms with Crippen molar-refractivity contribution in [2.24, 2.45) is 5.73 Å². The number of nitrogens with two attached hydrogens (primary N) is 1. The van der Waals surface area contributed by atoms with Gasteiger partial charge in [0, 0.05) is 30.2 Å². The summed E-state index contributed by atoms with van der Waals surface area (Å²) in [6.07, 6.45) is 2.76. The second-order valence-corrected chi connectivity index (χ2v) is 8.36. The number of amides is 1. The number of primary amides is 1. The molecule has 0 aromatic carbocycles. The van der Waals surface area contributed by atoms with Crippen LogP contribution in [-0.2, 0) is 13.0 Å². The summed E-state index contributed by atoms with van der Waals surface area (Å²) in [6.45, 7) is 3.51. The van der Waals surface area contributed by atoms with Crippen LogP contribution in [0.4, 0.5) is 11.6 Å². The number of pyridine rings is 1. The molecule has 0 unspecified atom stereocenters. The smallest absolute Gasteiger partial charge is 0.252 e. The Labute approximate surface area is 177 Å². The Balaban J connectivity index is 1.65. The lowest BCUT2D eigenvalue weighted by Gasteiger charge is -2.15. The number of aromatic nitrogens is 4. The number of carbonyl (C=O) groups excluding carboxylic acids is 1. The molecule has 0 fully saturated rings. The summed E-state index contributed by atoms with van der Waals surface area (Å²) < 4.78 is 1.84. The van der Waals surface area contributed by atoms with Crippen LogP contribution >= 0.6 is 11.3 Å². The van der Waals surface area contributed by atoms with Crippen molar-refractivity contribution in [2.75, 3.05) is 23.8 Å². The molecular formula is C21H21N7OS. The Kier molecular flexibility index (Phi) is 4.39. The molecule has 1 aliphatic rings. The molecule has 30 heavy (non-hydrogen) atoms. The topological polar surface area (TPSA) is 101 Å². The zero-order valence-electron chi connectivity index (χ0n) is 16.7. The van der Waals surface area contributed by atoms with Crippen LogP contribution in [0.2, 0.25) is 0 Å². The van der Waals surface area contributed by atoms with Crippen LogP contribution in [0, 0.1) is 6.92 Å². The molecular weight excluding hydrogens is 398 g/mol. The normalized spacial score (nSPS) is 13.1. The van der Waals surface area contributed by atoms with E-state index < -0.39 is 5.91 Å². The van der Waals surface area contributed by atoms with Crippen molar-refractivity contribution in [1.29, 1.82) is 0 Å². The summed E-state index contributed by atoms with van der Waals surface area (Å²) in [5.74, 6) is 1.83. The highest BCUT2D eigenvalue weighted by molar-refractivity contribution is 7.09. The quantitative estimate of drug-likeness (QED) is 0.516. The van der Waals surface area contributed by atoms with Crippen molar-refractivity contribution in [2.45, 2.75) is 19.9 Å². The second kappa shape index (κ2) is 7.10. The van der Waals surface area contributed by atoms with E-state index >= 15 is 0 Å². The van der Waals surface area contributed by atoms with Crippen LogP contribution in [-0.4, -0.2) is 38.9 Å². The highest BCUT2D eigenvalue weighted by Gasteiger charge is 2.26. The van der Waals surface area contributed by atoms with Crippen molar-refractivity contribution in [1.82, 2.24) is 19.4 Å². The SMILES string of the molecule is Cc1nc2c(C(N)=O)cccn2c1-c1nc(NCc2cccs2)c2c(n1)N(C)CC2. The summed E-state index contributed by atoms with van der Waals surface area (Å²) in [4.78, 5) is 29.6. The van der Waals surface area contributed by atoms with Gasteiger partial charge >= 0.3 is 0 Å². The first-order chi connectivity index (χ1) is 14.5. The number of anilines is 2. The standard InChI is InChI=1S/C21H21N7OS/c1-12-16(28-8-3-6-14(17(22)29)21(28)24-12)19-25-18(23-11-13-5-4-10-30-13)15-7-9-27(2)20(15)26-19/h3-6,8,10H,7,9,11H2,1-2H3,(H2,22,29)(H,23,25,26). The summed E-state index contributed by atoms with van der Waals surface area (Å²) in [5, 5.41) is 5.56. The number of likely N-dealkylation sites (N-methyl/N-ethyl adjacent to an activating group) is 1. The zero-order valence-corrected chi connectivity index (χ0v) is 17.5. The Hall–Kier alpha value is -3.46. The van der Waals surface area contributed by atoms with Crippen molar-refractivity contribution in [3.8, 4) is 11.5 Å². The lowest BCUT2D eigenvalue weighted by molar-refractivity contribution is 0.100. The first-order valence-electron chi connectivity index (χ1n) is 9.69. The Morgan fingerprint density at radius 2 is 2.13 bits per heavy atom. The molecule has 8 nitrogen and oxygen atoms in total. The summed E-state index contributed by atoms with van der Waals surface area (Å²) in [5.41, 5.74) is 9.06. The van der Waals surface area contributed by atoms with E-state index in [1.54, 1.807) is 23.5 Å². The van der Waals surface area contributed by atoms with E-state index in [2.05, 4.69) is 26.6 Å². The average molecular weight is 420 g/mol. The molecule has 0 saturated carbocycles. The highest BCUT2D eigenvalue weighted by atomic mass is 32.1. The van der Waals surface area contributed by atoms with Crippen molar-refractivity contribution < 1.29 is 4.79 Å². The van der Waals surface area contributed by atoms with Gasteiger partial charge < -0.3 is 16.0 Å². The van der Waals surface area contributed by atoms with Crippen LogP contribution in [0.25, 0.3) is 17.2 Å². The van der Waals surface area contributed by atoms with E-state index in [1.807, 2.05) is 30.6 Å². The molecule has 152 valence electrons. The third kappa shape index (κ3) is 2.98. The number of nitrogens with zero attached hydrogens (tertiary/aromatic N) is 5. The Bertz CT molecular complexity index is 1260. The third-order valence-corrected chi connectivity index (χ3v) is 6.23. The Morgan fingerprint density at radius 1 is 1.27 bits per heavy atom. The van der Waals surface area contributed by atoms with Crippen molar-refractivity contribution >= 4 is 34.5 Å². The maximum atomic E-state index is 11.8. The lowest BCUT2D eigenvalue weighted by atomic mass is 10.2. The molecule has 0 spiro atoms. The van der Waals surface area contributed by atoms with Gasteiger partial charge in [-0.15, -0.1) is 11.3 Å². The van der Waals surface area contributed by atoms with Crippen LogP contribution in [0.1, 0.15) is 26.5 Å². The van der Waals surface area contributed by atoms with E-state index in [4.69, 9.17) is 15.7 Å². The first-order valence-corrected chi connectivity index (χ1v) is 10.6. The predicted molar refractivity (Wildman–Crippen MR) is 118 cm³/mol. The van der Waals surface area contributed by atoms with Crippen LogP contribution in [0.3, 0.4) is 0 Å². The molecule has 0 aliphatic carbocycles. The molecule has 5 rings (SSSR count). The van der Waals surface area contributed by atoms with E-state index in [0.717, 1.165) is 41.6 Å². The molecule has 5 heterocycles. The number of aryl methyl sites for hydroxylation is 1. The van der Waals surface area contributed by atoms with Gasteiger partial charge in [-0.2, -0.15) is 0 Å². The molecule has 4 aromatic rings. The fraction of sp³-hybridized carbons (Fsp3) is 0.238. The van der Waals surface area contributed by atoms with E-state index in [-0.39, 0.29) is 0 Å². The maximum Gasteiger partial charge on any atom is 0.252 e. The van der Waals surface area contributed by atoms with E-state index in [9.17, 15) is 4.79 Å². The lowest BCUT2D eigenvalue weighted by Crippen LogP contribution is -2.15. The number of carbonyl (C=O) groups is 1. The van der Waals surface area contributed by atoms with Crippen LogP contribution < -0.4 is 16.0 Å². The number of thiophene rings is 1. The summed E-state index contributed by atoms with van der Waals surface area (Å²) >= 11 is 1.71. The minimum atomic E-state index is -0.509. The molecule has 1 amide bonds. The van der Waals surface area contributed by atoms with Gasteiger partial charge in [0.15, 0.2) is 5.82 Å². The minimum Gasteiger partial charge on any atom is -0.365 e. The van der Waals surface area contributed by atoms with Gasteiger partial charge in [0.2, 0.25) is 0 Å². The molecule has 0 saturated heterocycles. The van der Waals surface area contributed by atoms with Crippen molar-refractivity contribution in [3.05, 3.63) is 57.5 Å². The molecule has 0 bridgehead atoms. The monoisotopic (exact) mass is 419 g/mol. The van der Waals surface area contributed by atoms with Gasteiger partial charge in [0.05, 0.1) is 17.8 Å². The van der Waals surface area contributed by atoms with Gasteiger partial charge in [-0.25, -0.2) is 15.0 Å². The minimum absolute atomic E-state index is 0.376. The largest absolute Gasteiger partial charge is 0.365 e. The number of fused-ring (bicyclic) bond motifs is 2. The fourth-order valence-corrected chi connectivity index (χ4v) is 4.53. The molecule has 3 N–H and O–H groups in total. The zero-order chi connectivity index (χ0) is 20.8. The summed E-state index contributed by atoms with van der Waals surface area (Å²) in [6, 6.07) is 7.61. The third-order valence-electron chi connectivity index (χ3n) is 5.36. The van der Waals surface area contributed by atoms with Gasteiger partial charge in [-0.3, -0.25) is 9.20 Å². The van der Waals surface area contributed by atoms with Gasteiger partial charge in [0.25, 0.3) is 5.91 Å². The van der Waals surface area contributed by atoms with E-state index in [1.165, 1.54) is 4.88 Å². The van der Waals surface area contributed by atoms with E-state index in [0.29, 0.717) is 23.6 Å². The number of imidazole rings is 1. The average Bonchev–Trinajstić information content (AvgIpc) is 3.44. The number of hydrogen-bond donors (Lipinski definition) is 2. The Morgan fingerprint density at radius 3 is 2.90 bits per heavy atom. The highest BCUT2D eigenvalue weighted by Crippen LogP contribution is 2.34. The van der Waals surface area contributed by atoms with Crippen LogP contribution in [0.5, 0.6) is 0 Å². The van der Waals surface area contributed by atoms with Gasteiger partial charge in [0.1, 0.15) is 23.0 Å². The van der Waals surface area contributed by atoms with Gasteiger partial charge in [-0.05, 0) is 36.9 Å². The number of rotatable bonds is 5. The predicted octanol–water partition coefficient (Wildman–Crippen LogP) is 2.86. The second-order valence-electron chi connectivity index (χ2n) is 7.33. The first kappa shape index (κ1) is 18.6. The summed E-state index contributed by atoms with van der Waals surface area (Å²) in [7, 11) is 2.04. The molecule has 4 aromatic heterocycles. The number of nitrogens with one attached hydrogen (secondary N) is 1. The maximum absolute atomic E-state index is 11.8. The molecule has 0 radical (unpaired) electrons. The van der Waals surface area contributed by atoms with Crippen LogP contribution in [0.15, 0.2) is 35.8 Å². The molecule has 0 atom stereocenters. The number of hydrogen-bond acceptors (Lipinski definition) is 7. The molecule has 9 heteroatoms. The van der Waals surface area contributed by atoms with Crippen molar-refractivity contribution in [3.63, 3.8) is 0 Å². The molecule has 1 aliphatic heterocycles. The van der Waals surface area contributed by atoms with Gasteiger partial charge in [-0.1, -0.05) is 6.07 Å².